The van der Waals surface area contributed by atoms with Crippen LogP contribution in [0.2, 0.25) is 0 Å². The maximum absolute atomic E-state index is 12.8. The van der Waals surface area contributed by atoms with Crippen molar-refractivity contribution in [1.29, 1.82) is 0 Å². The summed E-state index contributed by atoms with van der Waals surface area (Å²) in [7, 11) is 1.90. The number of hydrogen-bond donors (Lipinski definition) is 5. The number of nitrogens with zero attached hydrogens (tertiary/aromatic N) is 1. The predicted molar refractivity (Wildman–Crippen MR) is 98.6 cm³/mol. The van der Waals surface area contributed by atoms with Crippen LogP contribution in [0.5, 0.6) is 0 Å². The molecule has 0 bridgehead atoms. The summed E-state index contributed by atoms with van der Waals surface area (Å²) in [5.41, 5.74) is -0.754. The van der Waals surface area contributed by atoms with Crippen molar-refractivity contribution in [3.63, 3.8) is 0 Å². The number of ether oxygens (including phenoxy) is 1. The van der Waals surface area contributed by atoms with Gasteiger partial charge < -0.3 is 30.5 Å². The Morgan fingerprint density at radius 1 is 1.31 bits per heavy atom. The Morgan fingerprint density at radius 2 is 1.96 bits per heavy atom. The largest absolute Gasteiger partial charge is 0.391 e. The molecule has 0 aromatic rings. The minimum Gasteiger partial charge on any atom is -0.391 e. The molecule has 0 unspecified atom stereocenters. The zero-order valence-electron chi connectivity index (χ0n) is 15.8. The monoisotopic (exact) mass is 392 g/mol. The van der Waals surface area contributed by atoms with Gasteiger partial charge in [0.1, 0.15) is 29.9 Å². The molecule has 0 aromatic heterocycles. The van der Waals surface area contributed by atoms with Crippen LogP contribution in [-0.4, -0.2) is 99.1 Å². The number of carbonyl (C=O) groups excluding carboxylic acids is 1. The Hall–Kier alpha value is -0.420. The number of nitrogens with one attached hydrogen (secondary N) is 1. The fraction of sp³-hybridized carbons (Fsp3) is 0.941. The number of thioether (sulfide) groups is 1. The van der Waals surface area contributed by atoms with Crippen LogP contribution in [0.4, 0.5) is 0 Å². The molecule has 1 amide bonds. The summed E-state index contributed by atoms with van der Waals surface area (Å²) in [6.07, 6.45) is -2.65. The van der Waals surface area contributed by atoms with Crippen LogP contribution in [0.15, 0.2) is 0 Å². The van der Waals surface area contributed by atoms with Gasteiger partial charge in [0.05, 0.1) is 18.2 Å². The third-order valence-electron chi connectivity index (χ3n) is 5.54. The second kappa shape index (κ2) is 9.18. The van der Waals surface area contributed by atoms with Crippen molar-refractivity contribution >= 4 is 17.7 Å². The lowest BCUT2D eigenvalue weighted by Gasteiger charge is -2.44. The van der Waals surface area contributed by atoms with Crippen molar-refractivity contribution in [2.45, 2.75) is 74.7 Å². The normalized spacial score (nSPS) is 41.0. The Balaban J connectivity index is 2.11. The topological polar surface area (TPSA) is 122 Å². The molecule has 0 aromatic carbocycles. The lowest BCUT2D eigenvalue weighted by molar-refractivity contribution is -0.211. The van der Waals surface area contributed by atoms with Crippen LogP contribution < -0.4 is 5.32 Å². The van der Waals surface area contributed by atoms with E-state index in [-0.39, 0.29) is 11.9 Å². The first kappa shape index (κ1) is 21.9. The molecule has 5 N–H and O–H groups in total. The van der Waals surface area contributed by atoms with Gasteiger partial charge >= 0.3 is 0 Å². The third kappa shape index (κ3) is 4.52. The minimum absolute atomic E-state index is 0.230. The highest BCUT2D eigenvalue weighted by Crippen LogP contribution is 2.30. The number of amides is 1. The number of rotatable bonds is 6. The summed E-state index contributed by atoms with van der Waals surface area (Å²) in [5.74, 6) is 0.224. The first-order valence-electron chi connectivity index (χ1n) is 9.12. The van der Waals surface area contributed by atoms with E-state index in [1.807, 2.05) is 11.9 Å². The van der Waals surface area contributed by atoms with Gasteiger partial charge in [0, 0.05) is 6.54 Å². The molecule has 26 heavy (non-hydrogen) atoms. The second-order valence-corrected chi connectivity index (χ2v) is 8.35. The summed E-state index contributed by atoms with van der Waals surface area (Å²) < 4.78 is 5.70. The highest BCUT2D eigenvalue weighted by Gasteiger charge is 2.48. The fourth-order valence-electron chi connectivity index (χ4n) is 3.81. The van der Waals surface area contributed by atoms with E-state index in [4.69, 9.17) is 4.74 Å². The molecule has 9 atom stereocenters. The molecule has 2 heterocycles. The van der Waals surface area contributed by atoms with Crippen molar-refractivity contribution in [1.82, 2.24) is 10.2 Å². The molecule has 0 radical (unpaired) electrons. The van der Waals surface area contributed by atoms with Crippen LogP contribution in [-0.2, 0) is 9.53 Å². The maximum Gasteiger partial charge on any atom is 0.237 e. The summed E-state index contributed by atoms with van der Waals surface area (Å²) in [4.78, 5) is 14.8. The summed E-state index contributed by atoms with van der Waals surface area (Å²) in [6, 6.07) is -1.20. The third-order valence-corrected chi connectivity index (χ3v) is 6.39. The Morgan fingerprint density at radius 3 is 2.46 bits per heavy atom. The van der Waals surface area contributed by atoms with Crippen LogP contribution in [0.1, 0.15) is 26.7 Å². The molecule has 2 saturated heterocycles. The van der Waals surface area contributed by atoms with Gasteiger partial charge in [-0.2, -0.15) is 0 Å². The number of aliphatic hydroxyl groups is 4. The Kier molecular flexibility index (Phi) is 7.73. The standard InChI is InChI=1S/C17H32N2O6S/c1-5-9-6-10(19(3)7-9)16(24)18-11(8(2)20)15-13(22)12(21)14(23)17(25-15)26-4/h8-15,17,20-23H,5-7H2,1-4H3,(H,18,24)/t8-,9+,10-,11+,12-,13+,14+,15-,17+/m0/s1. The summed E-state index contributed by atoms with van der Waals surface area (Å²) in [6.45, 7) is 4.44. The van der Waals surface area contributed by atoms with Gasteiger partial charge in [0.15, 0.2) is 0 Å². The molecule has 0 saturated carbocycles. The molecule has 2 fully saturated rings. The second-order valence-electron chi connectivity index (χ2n) is 7.42. The predicted octanol–water partition coefficient (Wildman–Crippen LogP) is -1.25. The minimum atomic E-state index is -1.42. The van der Waals surface area contributed by atoms with E-state index in [9.17, 15) is 25.2 Å². The lowest BCUT2D eigenvalue weighted by Crippen LogP contribution is -2.65. The van der Waals surface area contributed by atoms with E-state index >= 15 is 0 Å². The van der Waals surface area contributed by atoms with Gasteiger partial charge in [0.25, 0.3) is 0 Å². The molecule has 0 aliphatic carbocycles. The van der Waals surface area contributed by atoms with Crippen molar-refractivity contribution in [2.24, 2.45) is 5.92 Å². The van der Waals surface area contributed by atoms with E-state index in [0.29, 0.717) is 5.92 Å². The number of carbonyl (C=O) groups is 1. The highest BCUT2D eigenvalue weighted by molar-refractivity contribution is 7.99. The quantitative estimate of drug-likeness (QED) is 0.380. The van der Waals surface area contributed by atoms with Gasteiger partial charge in [-0.3, -0.25) is 9.69 Å². The van der Waals surface area contributed by atoms with Gasteiger partial charge in [-0.1, -0.05) is 13.3 Å². The molecule has 2 aliphatic heterocycles. The van der Waals surface area contributed by atoms with Crippen molar-refractivity contribution in [3.05, 3.63) is 0 Å². The van der Waals surface area contributed by atoms with Gasteiger partial charge in [-0.05, 0) is 32.6 Å². The first-order chi connectivity index (χ1) is 12.2. The molecule has 9 heteroatoms. The van der Waals surface area contributed by atoms with E-state index in [0.717, 1.165) is 19.4 Å². The number of aliphatic hydroxyl groups excluding tert-OH is 4. The van der Waals surface area contributed by atoms with Gasteiger partial charge in [-0.25, -0.2) is 0 Å². The van der Waals surface area contributed by atoms with Gasteiger partial charge in [0.2, 0.25) is 5.91 Å². The Labute approximate surface area is 158 Å². The van der Waals surface area contributed by atoms with Crippen molar-refractivity contribution in [3.8, 4) is 0 Å². The SMILES string of the molecule is CC[C@@H]1C[C@@H](C(=O)N[C@@H]([C@@H]2O[C@H](SC)[C@H](O)[C@@H](O)[C@H]2O)[C@H](C)O)N(C)C1. The Bertz CT molecular complexity index is 480. The molecular weight excluding hydrogens is 360 g/mol. The summed E-state index contributed by atoms with van der Waals surface area (Å²) in [5, 5.41) is 43.4. The zero-order chi connectivity index (χ0) is 19.6. The van der Waals surface area contributed by atoms with Crippen LogP contribution in [0.3, 0.4) is 0 Å². The van der Waals surface area contributed by atoms with E-state index in [1.54, 1.807) is 6.26 Å². The summed E-state index contributed by atoms with van der Waals surface area (Å²) >= 11 is 1.19. The van der Waals surface area contributed by atoms with E-state index < -0.39 is 42.0 Å². The van der Waals surface area contributed by atoms with Crippen LogP contribution >= 0.6 is 11.8 Å². The number of hydrogen-bond acceptors (Lipinski definition) is 8. The average molecular weight is 393 g/mol. The maximum atomic E-state index is 12.8. The number of likely N-dealkylation sites (N-methyl/N-ethyl adjacent to an activating group) is 1. The zero-order valence-corrected chi connectivity index (χ0v) is 16.6. The fourth-order valence-corrected chi connectivity index (χ4v) is 4.49. The van der Waals surface area contributed by atoms with Crippen molar-refractivity contribution < 1.29 is 30.0 Å². The van der Waals surface area contributed by atoms with Crippen LogP contribution in [0.25, 0.3) is 0 Å². The molecule has 0 spiro atoms. The number of likely N-dealkylation sites (tertiary alicyclic amines) is 1. The molecule has 2 aliphatic rings. The van der Waals surface area contributed by atoms with Gasteiger partial charge in [-0.15, -0.1) is 11.8 Å². The smallest absolute Gasteiger partial charge is 0.237 e. The molecule has 8 nitrogen and oxygen atoms in total. The molecular formula is C17H32N2O6S. The lowest BCUT2D eigenvalue weighted by atomic mass is 9.92. The first-order valence-corrected chi connectivity index (χ1v) is 10.4. The van der Waals surface area contributed by atoms with Crippen LogP contribution in [0, 0.1) is 5.92 Å². The van der Waals surface area contributed by atoms with E-state index in [2.05, 4.69) is 12.2 Å². The average Bonchev–Trinajstić information content (AvgIpc) is 2.99. The molecule has 152 valence electrons. The molecule has 2 rings (SSSR count). The highest BCUT2D eigenvalue weighted by atomic mass is 32.2. The van der Waals surface area contributed by atoms with Crippen molar-refractivity contribution in [2.75, 3.05) is 19.8 Å². The van der Waals surface area contributed by atoms with E-state index in [1.165, 1.54) is 18.7 Å².